The number of benzene rings is 7. The van der Waals surface area contributed by atoms with Crippen molar-refractivity contribution in [3.05, 3.63) is 179 Å². The van der Waals surface area contributed by atoms with Crippen molar-refractivity contribution in [3.8, 4) is 22.3 Å². The van der Waals surface area contributed by atoms with Gasteiger partial charge in [-0.05, 0) is 74.3 Å². The lowest BCUT2D eigenvalue weighted by Crippen LogP contribution is -2.28. The van der Waals surface area contributed by atoms with E-state index in [-0.39, 0.29) is 0 Å². The molecule has 0 unspecified atom stereocenters. The van der Waals surface area contributed by atoms with E-state index in [1.54, 1.807) is 0 Å². The van der Waals surface area contributed by atoms with Crippen LogP contribution >= 0.6 is 0 Å². The fraction of sp³-hybridized carbons (Fsp3) is 0.0476. The average molecular weight is 549 g/mol. The molecule has 1 aromatic heterocycles. The number of rotatable bonds is 3. The van der Waals surface area contributed by atoms with Crippen molar-refractivity contribution in [2.24, 2.45) is 0 Å². The first kappa shape index (κ1) is 24.2. The lowest BCUT2D eigenvalue weighted by molar-refractivity contribution is 0.670. The van der Waals surface area contributed by atoms with Crippen molar-refractivity contribution in [1.29, 1.82) is 0 Å². The van der Waals surface area contributed by atoms with Gasteiger partial charge >= 0.3 is 0 Å². The number of fused-ring (bicyclic) bond motifs is 8. The van der Waals surface area contributed by atoms with Crippen LogP contribution in [0.15, 0.2) is 156 Å². The van der Waals surface area contributed by atoms with Gasteiger partial charge in [-0.25, -0.2) is 0 Å². The van der Waals surface area contributed by atoms with Crippen LogP contribution in [0.25, 0.3) is 55.0 Å². The van der Waals surface area contributed by atoms with Gasteiger partial charge in [0, 0.05) is 16.3 Å². The third-order valence-electron chi connectivity index (χ3n) is 9.48. The van der Waals surface area contributed by atoms with Crippen LogP contribution in [0.2, 0.25) is 0 Å². The number of para-hydroxylation sites is 2. The zero-order chi connectivity index (χ0) is 28.5. The third kappa shape index (κ3) is 3.28. The summed E-state index contributed by atoms with van der Waals surface area (Å²) in [5.74, 6) is 0. The lowest BCUT2D eigenvalue weighted by Gasteiger charge is -2.34. The Labute approximate surface area is 250 Å². The summed E-state index contributed by atoms with van der Waals surface area (Å²) < 4.78 is 6.51. The normalized spacial score (nSPS) is 13.4. The molecule has 1 nitrogen and oxygen atoms in total. The summed E-state index contributed by atoms with van der Waals surface area (Å²) in [6, 6.07) is 55.3. The third-order valence-corrected chi connectivity index (χ3v) is 9.48. The Kier molecular flexibility index (Phi) is 5.10. The van der Waals surface area contributed by atoms with E-state index >= 15 is 0 Å². The van der Waals surface area contributed by atoms with Gasteiger partial charge in [0.25, 0.3) is 0 Å². The van der Waals surface area contributed by atoms with E-state index in [9.17, 15) is 0 Å². The fourth-order valence-corrected chi connectivity index (χ4v) is 7.67. The highest BCUT2D eigenvalue weighted by Crippen LogP contribution is 2.59. The average Bonchev–Trinajstić information content (AvgIpc) is 3.59. The lowest BCUT2D eigenvalue weighted by atomic mass is 9.67. The monoisotopic (exact) mass is 548 g/mol. The molecule has 0 N–H and O–H groups in total. The van der Waals surface area contributed by atoms with Crippen LogP contribution in [0, 0.1) is 6.92 Å². The molecule has 7 aromatic carbocycles. The van der Waals surface area contributed by atoms with Crippen LogP contribution < -0.4 is 0 Å². The van der Waals surface area contributed by atoms with E-state index in [0.717, 1.165) is 33.1 Å². The highest BCUT2D eigenvalue weighted by Gasteiger charge is 2.47. The summed E-state index contributed by atoms with van der Waals surface area (Å²) in [5, 5.41) is 4.91. The number of furan rings is 1. The van der Waals surface area contributed by atoms with Crippen LogP contribution in [0.5, 0.6) is 0 Å². The zero-order valence-electron chi connectivity index (χ0n) is 23.8. The van der Waals surface area contributed by atoms with E-state index in [4.69, 9.17) is 4.42 Å². The summed E-state index contributed by atoms with van der Waals surface area (Å²) in [4.78, 5) is 0. The molecule has 0 radical (unpaired) electrons. The highest BCUT2D eigenvalue weighted by molar-refractivity contribution is 6.10. The van der Waals surface area contributed by atoms with E-state index in [2.05, 4.69) is 153 Å². The maximum Gasteiger partial charge on any atom is 0.143 e. The van der Waals surface area contributed by atoms with Crippen molar-refractivity contribution in [3.63, 3.8) is 0 Å². The molecule has 1 heterocycles. The molecule has 0 spiro atoms. The first-order valence-electron chi connectivity index (χ1n) is 14.9. The number of aryl methyl sites for hydroxylation is 1. The standard InChI is InChI=1S/C42H28O/c1-27-25-38-40(34-19-9-8-17-31(27)34)36-24-23-28(32-20-12-21-35-33-18-10-11-22-39(33)43-41(32)35)26-37(36)42(38,29-13-4-2-5-14-29)30-15-6-3-7-16-30/h2-26H,1H3. The molecule has 9 rings (SSSR count). The second-order valence-electron chi connectivity index (χ2n) is 11.7. The summed E-state index contributed by atoms with van der Waals surface area (Å²) >= 11 is 0. The topological polar surface area (TPSA) is 13.1 Å². The minimum absolute atomic E-state index is 0.472. The molecule has 43 heavy (non-hydrogen) atoms. The molecule has 1 aliphatic rings. The van der Waals surface area contributed by atoms with Crippen molar-refractivity contribution < 1.29 is 4.42 Å². The minimum Gasteiger partial charge on any atom is -0.455 e. The molecule has 0 saturated carbocycles. The van der Waals surface area contributed by atoms with Gasteiger partial charge in [0.05, 0.1) is 5.41 Å². The van der Waals surface area contributed by atoms with Crippen molar-refractivity contribution in [2.45, 2.75) is 12.3 Å². The Morgan fingerprint density at radius 1 is 0.465 bits per heavy atom. The Bertz CT molecular complexity index is 2300. The molecule has 1 heteroatoms. The number of hydrogen-bond acceptors (Lipinski definition) is 1. The van der Waals surface area contributed by atoms with Gasteiger partial charge in [0.15, 0.2) is 0 Å². The van der Waals surface area contributed by atoms with Gasteiger partial charge in [0.1, 0.15) is 11.2 Å². The Morgan fingerprint density at radius 2 is 1.09 bits per heavy atom. The van der Waals surface area contributed by atoms with Gasteiger partial charge in [0.2, 0.25) is 0 Å². The molecule has 0 atom stereocenters. The Hall–Kier alpha value is -5.40. The molecule has 0 amide bonds. The second kappa shape index (κ2) is 9.05. The minimum atomic E-state index is -0.472. The van der Waals surface area contributed by atoms with Crippen molar-refractivity contribution in [2.75, 3.05) is 0 Å². The summed E-state index contributed by atoms with van der Waals surface area (Å²) in [7, 11) is 0. The molecule has 0 aliphatic heterocycles. The molecule has 202 valence electrons. The molecular weight excluding hydrogens is 520 g/mol. The van der Waals surface area contributed by atoms with Crippen LogP contribution in [-0.4, -0.2) is 0 Å². The SMILES string of the molecule is Cc1cc2c(c3ccccc13)-c1ccc(-c3cccc4c3oc3ccccc34)cc1C2(c1ccccc1)c1ccccc1. The van der Waals surface area contributed by atoms with E-state index in [1.165, 1.54) is 49.7 Å². The van der Waals surface area contributed by atoms with Crippen molar-refractivity contribution in [1.82, 2.24) is 0 Å². The predicted octanol–water partition coefficient (Wildman–Crippen LogP) is 11.1. The first-order valence-corrected chi connectivity index (χ1v) is 14.9. The van der Waals surface area contributed by atoms with Crippen LogP contribution in [0.4, 0.5) is 0 Å². The largest absolute Gasteiger partial charge is 0.455 e. The van der Waals surface area contributed by atoms with Crippen LogP contribution in [0.1, 0.15) is 27.8 Å². The maximum atomic E-state index is 6.51. The fourth-order valence-electron chi connectivity index (χ4n) is 7.67. The molecule has 0 bridgehead atoms. The summed E-state index contributed by atoms with van der Waals surface area (Å²) in [5.41, 5.74) is 12.8. The van der Waals surface area contributed by atoms with E-state index < -0.39 is 5.41 Å². The molecule has 1 aliphatic carbocycles. The molecular formula is C42H28O. The predicted molar refractivity (Wildman–Crippen MR) is 179 cm³/mol. The summed E-state index contributed by atoms with van der Waals surface area (Å²) in [6.45, 7) is 2.25. The summed E-state index contributed by atoms with van der Waals surface area (Å²) in [6.07, 6.45) is 0. The Morgan fingerprint density at radius 3 is 1.84 bits per heavy atom. The van der Waals surface area contributed by atoms with E-state index in [1.807, 2.05) is 6.07 Å². The smallest absolute Gasteiger partial charge is 0.143 e. The zero-order valence-corrected chi connectivity index (χ0v) is 23.8. The highest BCUT2D eigenvalue weighted by atomic mass is 16.3. The quantitative estimate of drug-likeness (QED) is 0.214. The van der Waals surface area contributed by atoms with Gasteiger partial charge in [-0.1, -0.05) is 140 Å². The van der Waals surface area contributed by atoms with Gasteiger partial charge < -0.3 is 4.42 Å². The molecule has 8 aromatic rings. The first-order chi connectivity index (χ1) is 21.2. The maximum absolute atomic E-state index is 6.51. The second-order valence-corrected chi connectivity index (χ2v) is 11.7. The Balaban J connectivity index is 1.43. The molecule has 0 saturated heterocycles. The van der Waals surface area contributed by atoms with Gasteiger partial charge in [-0.3, -0.25) is 0 Å². The van der Waals surface area contributed by atoms with Gasteiger partial charge in [-0.15, -0.1) is 0 Å². The number of hydrogen-bond donors (Lipinski definition) is 0. The molecule has 0 fully saturated rings. The van der Waals surface area contributed by atoms with Crippen LogP contribution in [0.3, 0.4) is 0 Å². The van der Waals surface area contributed by atoms with E-state index in [0.29, 0.717) is 0 Å². The van der Waals surface area contributed by atoms with Gasteiger partial charge in [-0.2, -0.15) is 0 Å². The van der Waals surface area contributed by atoms with Crippen LogP contribution in [-0.2, 0) is 5.41 Å². The van der Waals surface area contributed by atoms with Crippen molar-refractivity contribution >= 4 is 32.7 Å².